The molecule has 0 aliphatic rings. The third kappa shape index (κ3) is 4.97. The number of amides is 1. The summed E-state index contributed by atoms with van der Waals surface area (Å²) in [4.78, 5) is 12.9. The predicted molar refractivity (Wildman–Crippen MR) is 120 cm³/mol. The van der Waals surface area contributed by atoms with E-state index in [4.69, 9.17) is 0 Å². The lowest BCUT2D eigenvalue weighted by atomic mass is 9.88. The van der Waals surface area contributed by atoms with Crippen LogP contribution in [-0.2, 0) is 9.84 Å². The lowest BCUT2D eigenvalue weighted by molar-refractivity contribution is 0.0949. The highest BCUT2D eigenvalue weighted by Crippen LogP contribution is 2.27. The summed E-state index contributed by atoms with van der Waals surface area (Å²) in [5.74, 6) is -0.225. The van der Waals surface area contributed by atoms with Crippen LogP contribution in [-0.4, -0.2) is 26.1 Å². The molecular formula is C25H27NO3S. The Morgan fingerprint density at radius 1 is 0.800 bits per heavy atom. The van der Waals surface area contributed by atoms with Crippen LogP contribution in [0, 0.1) is 0 Å². The van der Waals surface area contributed by atoms with Gasteiger partial charge in [0.05, 0.1) is 15.7 Å². The van der Waals surface area contributed by atoms with Gasteiger partial charge in [0.1, 0.15) is 0 Å². The van der Waals surface area contributed by atoms with Crippen molar-refractivity contribution in [3.8, 4) is 0 Å². The predicted octanol–water partition coefficient (Wildman–Crippen LogP) is 4.82. The fourth-order valence-electron chi connectivity index (χ4n) is 3.48. The van der Waals surface area contributed by atoms with Crippen LogP contribution in [0.15, 0.2) is 89.8 Å². The zero-order valence-electron chi connectivity index (χ0n) is 17.3. The molecule has 0 spiro atoms. The van der Waals surface area contributed by atoms with E-state index in [0.29, 0.717) is 13.0 Å². The first-order valence-corrected chi connectivity index (χ1v) is 11.7. The summed E-state index contributed by atoms with van der Waals surface area (Å²) in [5.41, 5.74) is 2.56. The number of rotatable bonds is 8. The van der Waals surface area contributed by atoms with E-state index in [1.807, 2.05) is 36.4 Å². The highest BCUT2D eigenvalue weighted by atomic mass is 32.2. The van der Waals surface area contributed by atoms with Gasteiger partial charge in [-0.05, 0) is 43.5 Å². The van der Waals surface area contributed by atoms with Crippen LogP contribution in [0.1, 0.15) is 47.7 Å². The van der Waals surface area contributed by atoms with Gasteiger partial charge in [-0.3, -0.25) is 4.79 Å². The van der Waals surface area contributed by atoms with Crippen molar-refractivity contribution < 1.29 is 13.2 Å². The van der Waals surface area contributed by atoms with Crippen LogP contribution in [0.4, 0.5) is 0 Å². The van der Waals surface area contributed by atoms with Crippen LogP contribution in [0.3, 0.4) is 0 Å². The third-order valence-corrected chi connectivity index (χ3v) is 7.39. The number of carbonyl (C=O) groups excluding carboxylic acids is 1. The monoisotopic (exact) mass is 421 g/mol. The minimum atomic E-state index is -3.54. The van der Waals surface area contributed by atoms with Crippen LogP contribution in [0.2, 0.25) is 0 Å². The van der Waals surface area contributed by atoms with E-state index in [9.17, 15) is 13.2 Å². The second-order valence-electron chi connectivity index (χ2n) is 7.51. The molecule has 30 heavy (non-hydrogen) atoms. The molecule has 3 aromatic rings. The van der Waals surface area contributed by atoms with E-state index in [1.54, 1.807) is 32.0 Å². The highest BCUT2D eigenvalue weighted by Gasteiger charge is 2.25. The number of nitrogens with one attached hydrogen (secondary N) is 1. The maximum atomic E-state index is 12.8. The second kappa shape index (κ2) is 9.72. The van der Waals surface area contributed by atoms with Gasteiger partial charge in [-0.25, -0.2) is 8.42 Å². The summed E-state index contributed by atoms with van der Waals surface area (Å²) in [6, 6.07) is 26.8. The van der Waals surface area contributed by atoms with Gasteiger partial charge in [0.15, 0.2) is 9.84 Å². The molecule has 0 heterocycles. The Labute approximate surface area is 178 Å². The molecule has 0 saturated carbocycles. The molecule has 0 saturated heterocycles. The zero-order valence-corrected chi connectivity index (χ0v) is 18.1. The van der Waals surface area contributed by atoms with E-state index in [0.717, 1.165) is 0 Å². The van der Waals surface area contributed by atoms with Gasteiger partial charge in [0.2, 0.25) is 0 Å². The van der Waals surface area contributed by atoms with E-state index in [1.165, 1.54) is 17.2 Å². The molecule has 4 nitrogen and oxygen atoms in total. The van der Waals surface area contributed by atoms with Gasteiger partial charge < -0.3 is 5.32 Å². The van der Waals surface area contributed by atoms with E-state index < -0.39 is 15.1 Å². The van der Waals surface area contributed by atoms with Gasteiger partial charge in [0.25, 0.3) is 5.91 Å². The minimum Gasteiger partial charge on any atom is -0.352 e. The molecule has 0 fully saturated rings. The number of hydrogen-bond donors (Lipinski definition) is 1. The van der Waals surface area contributed by atoms with Crippen LogP contribution < -0.4 is 5.32 Å². The van der Waals surface area contributed by atoms with E-state index in [2.05, 4.69) is 29.6 Å². The Kier molecular flexibility index (Phi) is 7.06. The molecule has 0 radical (unpaired) electrons. The normalized spacial score (nSPS) is 11.6. The fourth-order valence-corrected chi connectivity index (χ4v) is 4.72. The summed E-state index contributed by atoms with van der Waals surface area (Å²) >= 11 is 0. The largest absolute Gasteiger partial charge is 0.352 e. The molecule has 1 amide bonds. The second-order valence-corrected chi connectivity index (χ2v) is 9.98. The first kappa shape index (κ1) is 21.8. The van der Waals surface area contributed by atoms with Gasteiger partial charge in [-0.15, -0.1) is 0 Å². The van der Waals surface area contributed by atoms with Crippen LogP contribution >= 0.6 is 0 Å². The molecule has 0 aromatic heterocycles. The Balaban J connectivity index is 1.76. The van der Waals surface area contributed by atoms with Crippen molar-refractivity contribution in [3.63, 3.8) is 0 Å². The Hall–Kier alpha value is -2.92. The van der Waals surface area contributed by atoms with Crippen molar-refractivity contribution in [2.24, 2.45) is 0 Å². The highest BCUT2D eigenvalue weighted by molar-refractivity contribution is 7.92. The maximum absolute atomic E-state index is 12.8. The molecule has 0 unspecified atom stereocenters. The summed E-state index contributed by atoms with van der Waals surface area (Å²) < 4.78 is 25.3. The van der Waals surface area contributed by atoms with Crippen LogP contribution in [0.5, 0.6) is 0 Å². The van der Waals surface area contributed by atoms with Gasteiger partial charge in [-0.1, -0.05) is 72.8 Å². The van der Waals surface area contributed by atoms with E-state index in [-0.39, 0.29) is 22.3 Å². The molecular weight excluding hydrogens is 394 g/mol. The standard InChI is InChI=1S/C25H27NO3S/c1-19(2)30(28,29)24-16-10-9-15-23(24)25(27)26-18-17-22(20-11-5-3-6-12-20)21-13-7-4-8-14-21/h3-16,19,22H,17-18H2,1-2H3,(H,26,27). The molecule has 5 heteroatoms. The van der Waals surface area contributed by atoms with E-state index >= 15 is 0 Å². The third-order valence-electron chi connectivity index (χ3n) is 5.18. The maximum Gasteiger partial charge on any atom is 0.252 e. The van der Waals surface area contributed by atoms with Gasteiger partial charge in [0, 0.05) is 12.5 Å². The van der Waals surface area contributed by atoms with Crippen molar-refractivity contribution in [1.29, 1.82) is 0 Å². The van der Waals surface area contributed by atoms with Crippen molar-refractivity contribution in [2.75, 3.05) is 6.54 Å². The first-order valence-electron chi connectivity index (χ1n) is 10.1. The number of sulfone groups is 1. The number of carbonyl (C=O) groups is 1. The van der Waals surface area contributed by atoms with Gasteiger partial charge >= 0.3 is 0 Å². The molecule has 3 rings (SSSR count). The average Bonchev–Trinajstić information content (AvgIpc) is 2.77. The molecule has 0 aliphatic carbocycles. The summed E-state index contributed by atoms with van der Waals surface area (Å²) in [6.07, 6.45) is 0.707. The summed E-state index contributed by atoms with van der Waals surface area (Å²) in [7, 11) is -3.54. The van der Waals surface area contributed by atoms with Crippen LogP contribution in [0.25, 0.3) is 0 Å². The van der Waals surface area contributed by atoms with Gasteiger partial charge in [-0.2, -0.15) is 0 Å². The lowest BCUT2D eigenvalue weighted by Crippen LogP contribution is -2.28. The van der Waals surface area contributed by atoms with Crippen molar-refractivity contribution in [2.45, 2.75) is 36.3 Å². The molecule has 0 bridgehead atoms. The molecule has 1 N–H and O–H groups in total. The molecule has 156 valence electrons. The first-order chi connectivity index (χ1) is 14.4. The molecule has 0 atom stereocenters. The Bertz CT molecular complexity index is 1040. The molecule has 3 aromatic carbocycles. The lowest BCUT2D eigenvalue weighted by Gasteiger charge is -2.19. The quantitative estimate of drug-likeness (QED) is 0.567. The minimum absolute atomic E-state index is 0.0835. The SMILES string of the molecule is CC(C)S(=O)(=O)c1ccccc1C(=O)NCCC(c1ccccc1)c1ccccc1. The van der Waals surface area contributed by atoms with Crippen molar-refractivity contribution >= 4 is 15.7 Å². The topological polar surface area (TPSA) is 63.2 Å². The fraction of sp³-hybridized carbons (Fsp3) is 0.240. The Morgan fingerprint density at radius 3 is 1.83 bits per heavy atom. The smallest absolute Gasteiger partial charge is 0.252 e. The summed E-state index contributed by atoms with van der Waals surface area (Å²) in [5, 5.41) is 2.33. The van der Waals surface area contributed by atoms with Crippen molar-refractivity contribution in [3.05, 3.63) is 102 Å². The Morgan fingerprint density at radius 2 is 1.30 bits per heavy atom. The molecule has 0 aliphatic heterocycles. The zero-order chi connectivity index (χ0) is 21.6. The number of benzene rings is 3. The summed E-state index contributed by atoms with van der Waals surface area (Å²) in [6.45, 7) is 3.67. The van der Waals surface area contributed by atoms with Crippen molar-refractivity contribution in [1.82, 2.24) is 5.32 Å². The number of hydrogen-bond acceptors (Lipinski definition) is 3. The average molecular weight is 422 g/mol.